The van der Waals surface area contributed by atoms with Crippen LogP contribution in [0.1, 0.15) is 20.3 Å². The SMILES string of the molecule is CCOC(=O)C=C(CC)C(=O)OC. The molecule has 0 aromatic heterocycles. The molecule has 0 aromatic carbocycles. The highest BCUT2D eigenvalue weighted by Gasteiger charge is 2.09. The second kappa shape index (κ2) is 6.22. The molecule has 74 valence electrons. The summed E-state index contributed by atoms with van der Waals surface area (Å²) >= 11 is 0. The Bertz CT molecular complexity index is 218. The van der Waals surface area contributed by atoms with Crippen LogP contribution in [0.5, 0.6) is 0 Å². The topological polar surface area (TPSA) is 52.6 Å². The van der Waals surface area contributed by atoms with Crippen molar-refractivity contribution in [1.29, 1.82) is 0 Å². The first-order chi connectivity index (χ1) is 6.15. The van der Waals surface area contributed by atoms with E-state index in [4.69, 9.17) is 0 Å². The molecule has 0 fully saturated rings. The van der Waals surface area contributed by atoms with Gasteiger partial charge in [0.1, 0.15) is 0 Å². The van der Waals surface area contributed by atoms with Crippen LogP contribution in [0.25, 0.3) is 0 Å². The minimum absolute atomic E-state index is 0.299. The van der Waals surface area contributed by atoms with E-state index < -0.39 is 11.9 Å². The molecule has 0 N–H and O–H groups in total. The van der Waals surface area contributed by atoms with Gasteiger partial charge in [0.2, 0.25) is 0 Å². The van der Waals surface area contributed by atoms with E-state index in [9.17, 15) is 9.59 Å². The number of ether oxygens (including phenoxy) is 2. The summed E-state index contributed by atoms with van der Waals surface area (Å²) in [4.78, 5) is 21.9. The van der Waals surface area contributed by atoms with Gasteiger partial charge in [0.25, 0.3) is 0 Å². The highest BCUT2D eigenvalue weighted by Crippen LogP contribution is 2.03. The van der Waals surface area contributed by atoms with Crippen LogP contribution in [0.15, 0.2) is 11.6 Å². The van der Waals surface area contributed by atoms with E-state index in [0.717, 1.165) is 6.08 Å². The van der Waals surface area contributed by atoms with Crippen molar-refractivity contribution in [2.75, 3.05) is 13.7 Å². The Hall–Kier alpha value is -1.32. The first-order valence-corrected chi connectivity index (χ1v) is 4.11. The standard InChI is InChI=1S/C9H14O4/c1-4-7(9(11)12-3)6-8(10)13-5-2/h6H,4-5H2,1-3H3. The van der Waals surface area contributed by atoms with Gasteiger partial charge < -0.3 is 9.47 Å². The number of carbonyl (C=O) groups excluding carboxylic acids is 2. The number of methoxy groups -OCH3 is 1. The molecule has 0 unspecified atom stereocenters. The van der Waals surface area contributed by atoms with Crippen LogP contribution in [0.3, 0.4) is 0 Å². The molecular formula is C9H14O4. The zero-order chi connectivity index (χ0) is 10.3. The van der Waals surface area contributed by atoms with Gasteiger partial charge in [-0.3, -0.25) is 0 Å². The summed E-state index contributed by atoms with van der Waals surface area (Å²) in [5.74, 6) is -1.000. The van der Waals surface area contributed by atoms with E-state index in [1.54, 1.807) is 13.8 Å². The molecule has 4 nitrogen and oxygen atoms in total. The minimum Gasteiger partial charge on any atom is -0.466 e. The predicted molar refractivity (Wildman–Crippen MR) is 47.0 cm³/mol. The van der Waals surface area contributed by atoms with Crippen molar-refractivity contribution in [3.05, 3.63) is 11.6 Å². The monoisotopic (exact) mass is 186 g/mol. The molecule has 0 saturated heterocycles. The zero-order valence-corrected chi connectivity index (χ0v) is 8.12. The van der Waals surface area contributed by atoms with Crippen LogP contribution < -0.4 is 0 Å². The Morgan fingerprint density at radius 2 is 1.92 bits per heavy atom. The highest BCUT2D eigenvalue weighted by molar-refractivity contribution is 5.96. The Kier molecular flexibility index (Phi) is 5.59. The van der Waals surface area contributed by atoms with Gasteiger partial charge in [0, 0.05) is 11.6 Å². The molecule has 0 spiro atoms. The first-order valence-electron chi connectivity index (χ1n) is 4.11. The lowest BCUT2D eigenvalue weighted by atomic mass is 10.2. The largest absolute Gasteiger partial charge is 0.466 e. The van der Waals surface area contributed by atoms with E-state index in [1.807, 2.05) is 0 Å². The molecule has 0 aliphatic heterocycles. The Balaban J connectivity index is 4.37. The van der Waals surface area contributed by atoms with Gasteiger partial charge in [0.05, 0.1) is 13.7 Å². The molecule has 4 heteroatoms. The lowest BCUT2D eigenvalue weighted by molar-refractivity contribution is -0.139. The molecule has 0 aliphatic rings. The molecule has 0 radical (unpaired) electrons. The number of hydrogen-bond donors (Lipinski definition) is 0. The molecule has 13 heavy (non-hydrogen) atoms. The van der Waals surface area contributed by atoms with Gasteiger partial charge in [-0.1, -0.05) is 6.92 Å². The number of esters is 2. The first kappa shape index (κ1) is 11.7. The third-order valence-corrected chi connectivity index (χ3v) is 1.41. The summed E-state index contributed by atoms with van der Waals surface area (Å²) in [5.41, 5.74) is 0.320. The van der Waals surface area contributed by atoms with E-state index >= 15 is 0 Å². The Labute approximate surface area is 77.5 Å². The fraction of sp³-hybridized carbons (Fsp3) is 0.556. The van der Waals surface area contributed by atoms with Gasteiger partial charge in [-0.2, -0.15) is 0 Å². The van der Waals surface area contributed by atoms with Crippen molar-refractivity contribution in [2.24, 2.45) is 0 Å². The Morgan fingerprint density at radius 1 is 1.31 bits per heavy atom. The van der Waals surface area contributed by atoms with Crippen molar-refractivity contribution in [3.63, 3.8) is 0 Å². The third-order valence-electron chi connectivity index (χ3n) is 1.41. The molecule has 0 aliphatic carbocycles. The third kappa shape index (κ3) is 4.30. The van der Waals surface area contributed by atoms with E-state index in [-0.39, 0.29) is 0 Å². The smallest absolute Gasteiger partial charge is 0.333 e. The number of rotatable bonds is 4. The molecule has 0 rings (SSSR count). The zero-order valence-electron chi connectivity index (χ0n) is 8.12. The van der Waals surface area contributed by atoms with Crippen molar-refractivity contribution >= 4 is 11.9 Å². The van der Waals surface area contributed by atoms with Gasteiger partial charge in [-0.15, -0.1) is 0 Å². The summed E-state index contributed by atoms with van der Waals surface area (Å²) in [6.07, 6.45) is 1.61. The van der Waals surface area contributed by atoms with Crippen LogP contribution >= 0.6 is 0 Å². The van der Waals surface area contributed by atoms with Crippen molar-refractivity contribution < 1.29 is 19.1 Å². The lowest BCUT2D eigenvalue weighted by Crippen LogP contribution is -2.08. The maximum atomic E-state index is 11.0. The second-order valence-corrected chi connectivity index (χ2v) is 2.27. The average Bonchev–Trinajstić information content (AvgIpc) is 2.13. The van der Waals surface area contributed by atoms with E-state index in [1.165, 1.54) is 7.11 Å². The second-order valence-electron chi connectivity index (χ2n) is 2.27. The lowest BCUT2D eigenvalue weighted by Gasteiger charge is -2.01. The molecule has 0 amide bonds. The van der Waals surface area contributed by atoms with Crippen LogP contribution in [0, 0.1) is 0 Å². The van der Waals surface area contributed by atoms with Gasteiger partial charge in [0.15, 0.2) is 0 Å². The predicted octanol–water partition coefficient (Wildman–Crippen LogP) is 1.06. The van der Waals surface area contributed by atoms with E-state index in [0.29, 0.717) is 18.6 Å². The number of carbonyl (C=O) groups is 2. The summed E-state index contributed by atoms with van der Waals surface area (Å²) in [6.45, 7) is 3.77. The summed E-state index contributed by atoms with van der Waals surface area (Å²) < 4.78 is 9.11. The van der Waals surface area contributed by atoms with Crippen LogP contribution in [0.4, 0.5) is 0 Å². The van der Waals surface area contributed by atoms with Crippen LogP contribution in [-0.2, 0) is 19.1 Å². The van der Waals surface area contributed by atoms with Crippen LogP contribution in [-0.4, -0.2) is 25.7 Å². The molecule has 0 heterocycles. The highest BCUT2D eigenvalue weighted by atomic mass is 16.5. The van der Waals surface area contributed by atoms with Crippen molar-refractivity contribution in [1.82, 2.24) is 0 Å². The van der Waals surface area contributed by atoms with Gasteiger partial charge >= 0.3 is 11.9 Å². The van der Waals surface area contributed by atoms with E-state index in [2.05, 4.69) is 9.47 Å². The molecule has 0 aromatic rings. The summed E-state index contributed by atoms with van der Waals surface area (Å²) in [5, 5.41) is 0. The quantitative estimate of drug-likeness (QED) is 0.486. The Morgan fingerprint density at radius 3 is 2.31 bits per heavy atom. The summed E-state index contributed by atoms with van der Waals surface area (Å²) in [7, 11) is 1.27. The molecule has 0 bridgehead atoms. The normalized spacial score (nSPS) is 10.8. The molecule has 0 saturated carbocycles. The van der Waals surface area contributed by atoms with Crippen molar-refractivity contribution in [3.8, 4) is 0 Å². The van der Waals surface area contributed by atoms with Gasteiger partial charge in [-0.05, 0) is 13.3 Å². The number of hydrogen-bond acceptors (Lipinski definition) is 4. The van der Waals surface area contributed by atoms with Crippen molar-refractivity contribution in [2.45, 2.75) is 20.3 Å². The molecule has 0 atom stereocenters. The fourth-order valence-electron chi connectivity index (χ4n) is 0.763. The van der Waals surface area contributed by atoms with Crippen LogP contribution in [0.2, 0.25) is 0 Å². The maximum absolute atomic E-state index is 11.0. The van der Waals surface area contributed by atoms with Gasteiger partial charge in [-0.25, -0.2) is 9.59 Å². The average molecular weight is 186 g/mol. The summed E-state index contributed by atoms with van der Waals surface area (Å²) in [6, 6.07) is 0. The molecular weight excluding hydrogens is 172 g/mol. The minimum atomic E-state index is -0.509. The maximum Gasteiger partial charge on any atom is 0.333 e. The fourth-order valence-corrected chi connectivity index (χ4v) is 0.763.